The Morgan fingerprint density at radius 2 is 1.68 bits per heavy atom. The van der Waals surface area contributed by atoms with Crippen molar-refractivity contribution in [2.75, 3.05) is 0 Å². The van der Waals surface area contributed by atoms with Crippen LogP contribution < -0.4 is 4.74 Å². The van der Waals surface area contributed by atoms with Gasteiger partial charge in [-0.15, -0.1) is 0 Å². The van der Waals surface area contributed by atoms with Gasteiger partial charge < -0.3 is 9.84 Å². The Kier molecular flexibility index (Phi) is 4.46. The third-order valence-corrected chi connectivity index (χ3v) is 3.15. The van der Waals surface area contributed by atoms with Gasteiger partial charge in [-0.05, 0) is 37.1 Å². The molecule has 2 aromatic rings. The summed E-state index contributed by atoms with van der Waals surface area (Å²) in [7, 11) is 0. The Balaban J connectivity index is 2.10. The molecule has 19 heavy (non-hydrogen) atoms. The largest absolute Gasteiger partial charge is 0.487 e. The minimum atomic E-state index is -0.0168. The Morgan fingerprint density at radius 1 is 1.00 bits per heavy atom. The van der Waals surface area contributed by atoms with Crippen LogP contribution in [0.2, 0.25) is 5.02 Å². The molecule has 0 amide bonds. The number of halogens is 1. The summed E-state index contributed by atoms with van der Waals surface area (Å²) in [6.45, 7) is 4.61. The van der Waals surface area contributed by atoms with Crippen molar-refractivity contribution < 1.29 is 9.84 Å². The van der Waals surface area contributed by atoms with Crippen LogP contribution in [0.3, 0.4) is 0 Å². The lowest BCUT2D eigenvalue weighted by Crippen LogP contribution is -1.97. The normalized spacial score (nSPS) is 10.5. The van der Waals surface area contributed by atoms with Gasteiger partial charge in [-0.1, -0.05) is 47.0 Å². The lowest BCUT2D eigenvalue weighted by molar-refractivity contribution is 0.280. The van der Waals surface area contributed by atoms with Crippen molar-refractivity contribution in [2.45, 2.75) is 27.1 Å². The molecule has 0 aliphatic rings. The molecule has 0 aromatic heterocycles. The van der Waals surface area contributed by atoms with E-state index in [9.17, 15) is 0 Å². The van der Waals surface area contributed by atoms with E-state index in [2.05, 4.69) is 32.0 Å². The van der Waals surface area contributed by atoms with Gasteiger partial charge in [0, 0.05) is 0 Å². The molecule has 0 unspecified atom stereocenters. The highest BCUT2D eigenvalue weighted by molar-refractivity contribution is 6.32. The van der Waals surface area contributed by atoms with Crippen LogP contribution in [0.5, 0.6) is 5.75 Å². The number of rotatable bonds is 4. The molecule has 0 saturated carbocycles. The number of aliphatic hydroxyl groups excluding tert-OH is 1. The molecular weight excluding hydrogens is 260 g/mol. The maximum Gasteiger partial charge on any atom is 0.138 e. The molecule has 2 nitrogen and oxygen atoms in total. The second-order valence-corrected chi connectivity index (χ2v) is 5.11. The van der Waals surface area contributed by atoms with Gasteiger partial charge in [-0.3, -0.25) is 0 Å². The standard InChI is InChI=1S/C16H17ClO2/c1-11-5-12(2)7-14(6-11)10-19-16-4-3-13(9-18)8-15(16)17/h3-8,18H,9-10H2,1-2H3. The second kappa shape index (κ2) is 6.09. The van der Waals surface area contributed by atoms with E-state index in [0.29, 0.717) is 17.4 Å². The first-order valence-electron chi connectivity index (χ1n) is 6.18. The second-order valence-electron chi connectivity index (χ2n) is 4.71. The first-order chi connectivity index (χ1) is 9.08. The molecule has 0 atom stereocenters. The monoisotopic (exact) mass is 276 g/mol. The van der Waals surface area contributed by atoms with Gasteiger partial charge in [0.15, 0.2) is 0 Å². The first-order valence-corrected chi connectivity index (χ1v) is 6.55. The highest BCUT2D eigenvalue weighted by atomic mass is 35.5. The number of aryl methyl sites for hydroxylation is 2. The van der Waals surface area contributed by atoms with Crippen molar-refractivity contribution in [3.8, 4) is 5.75 Å². The Morgan fingerprint density at radius 3 is 2.26 bits per heavy atom. The summed E-state index contributed by atoms with van der Waals surface area (Å²) in [5, 5.41) is 9.55. The van der Waals surface area contributed by atoms with Crippen molar-refractivity contribution in [3.63, 3.8) is 0 Å². The van der Waals surface area contributed by atoms with Gasteiger partial charge in [0.05, 0.1) is 11.6 Å². The summed E-state index contributed by atoms with van der Waals surface area (Å²) in [6, 6.07) is 11.6. The molecular formula is C16H17ClO2. The average molecular weight is 277 g/mol. The minimum absolute atomic E-state index is 0.0168. The topological polar surface area (TPSA) is 29.5 Å². The maximum atomic E-state index is 9.02. The van der Waals surface area contributed by atoms with Gasteiger partial charge in [0.2, 0.25) is 0 Å². The number of benzene rings is 2. The lowest BCUT2D eigenvalue weighted by atomic mass is 10.1. The molecule has 0 aliphatic heterocycles. The molecule has 100 valence electrons. The highest BCUT2D eigenvalue weighted by Gasteiger charge is 2.04. The SMILES string of the molecule is Cc1cc(C)cc(COc2ccc(CO)cc2Cl)c1. The fraction of sp³-hybridized carbons (Fsp3) is 0.250. The Hall–Kier alpha value is -1.51. The summed E-state index contributed by atoms with van der Waals surface area (Å²) in [6.07, 6.45) is 0. The van der Waals surface area contributed by atoms with Crippen molar-refractivity contribution >= 4 is 11.6 Å². The zero-order valence-corrected chi connectivity index (χ0v) is 11.9. The molecule has 0 bridgehead atoms. The van der Waals surface area contributed by atoms with Crippen molar-refractivity contribution in [3.05, 3.63) is 63.7 Å². The third kappa shape index (κ3) is 3.72. The van der Waals surface area contributed by atoms with E-state index in [-0.39, 0.29) is 6.61 Å². The van der Waals surface area contributed by atoms with E-state index < -0.39 is 0 Å². The molecule has 0 aliphatic carbocycles. The minimum Gasteiger partial charge on any atom is -0.487 e. The molecule has 1 N–H and O–H groups in total. The van der Waals surface area contributed by atoms with E-state index >= 15 is 0 Å². The van der Waals surface area contributed by atoms with Crippen LogP contribution in [-0.4, -0.2) is 5.11 Å². The molecule has 2 aromatic carbocycles. The van der Waals surface area contributed by atoms with E-state index in [0.717, 1.165) is 11.1 Å². The van der Waals surface area contributed by atoms with Gasteiger partial charge >= 0.3 is 0 Å². The zero-order valence-electron chi connectivity index (χ0n) is 11.1. The summed E-state index contributed by atoms with van der Waals surface area (Å²) in [5.41, 5.74) is 4.35. The number of aliphatic hydroxyl groups is 1. The predicted octanol–water partition coefficient (Wildman–Crippen LogP) is 4.03. The van der Waals surface area contributed by atoms with Crippen LogP contribution in [0.4, 0.5) is 0 Å². The zero-order chi connectivity index (χ0) is 13.8. The molecule has 0 heterocycles. The molecule has 0 radical (unpaired) electrons. The molecule has 0 spiro atoms. The van der Waals surface area contributed by atoms with E-state index in [1.807, 2.05) is 6.07 Å². The van der Waals surface area contributed by atoms with Crippen molar-refractivity contribution in [1.82, 2.24) is 0 Å². The number of hydrogen-bond donors (Lipinski definition) is 1. The van der Waals surface area contributed by atoms with Gasteiger partial charge in [-0.25, -0.2) is 0 Å². The summed E-state index contributed by atoms with van der Waals surface area (Å²) < 4.78 is 5.72. The molecule has 0 fully saturated rings. The first kappa shape index (κ1) is 13.9. The van der Waals surface area contributed by atoms with Crippen LogP contribution in [0, 0.1) is 13.8 Å². The Labute approximate surface area is 118 Å². The number of ether oxygens (including phenoxy) is 1. The lowest BCUT2D eigenvalue weighted by Gasteiger charge is -2.10. The van der Waals surface area contributed by atoms with Crippen LogP contribution in [0.15, 0.2) is 36.4 Å². The fourth-order valence-electron chi connectivity index (χ4n) is 2.07. The quantitative estimate of drug-likeness (QED) is 0.914. The Bertz CT molecular complexity index is 559. The van der Waals surface area contributed by atoms with Crippen molar-refractivity contribution in [1.29, 1.82) is 0 Å². The van der Waals surface area contributed by atoms with E-state index in [1.54, 1.807) is 12.1 Å². The predicted molar refractivity (Wildman–Crippen MR) is 77.6 cm³/mol. The van der Waals surface area contributed by atoms with Crippen LogP contribution in [0.25, 0.3) is 0 Å². The molecule has 3 heteroatoms. The van der Waals surface area contributed by atoms with Crippen molar-refractivity contribution in [2.24, 2.45) is 0 Å². The van der Waals surface area contributed by atoms with Crippen LogP contribution in [0.1, 0.15) is 22.3 Å². The van der Waals surface area contributed by atoms with Gasteiger partial charge in [0.25, 0.3) is 0 Å². The fourth-order valence-corrected chi connectivity index (χ4v) is 2.33. The van der Waals surface area contributed by atoms with Gasteiger partial charge in [0.1, 0.15) is 12.4 Å². The van der Waals surface area contributed by atoms with Crippen LogP contribution in [-0.2, 0) is 13.2 Å². The summed E-state index contributed by atoms with van der Waals surface area (Å²) in [4.78, 5) is 0. The summed E-state index contributed by atoms with van der Waals surface area (Å²) in [5.74, 6) is 0.637. The average Bonchev–Trinajstić information content (AvgIpc) is 2.36. The van der Waals surface area contributed by atoms with Gasteiger partial charge in [-0.2, -0.15) is 0 Å². The van der Waals surface area contributed by atoms with E-state index in [1.165, 1.54) is 11.1 Å². The third-order valence-electron chi connectivity index (χ3n) is 2.85. The van der Waals surface area contributed by atoms with Crippen LogP contribution >= 0.6 is 11.6 Å². The number of hydrogen-bond acceptors (Lipinski definition) is 2. The maximum absolute atomic E-state index is 9.02. The molecule has 2 rings (SSSR count). The molecule has 0 saturated heterocycles. The highest BCUT2D eigenvalue weighted by Crippen LogP contribution is 2.26. The smallest absolute Gasteiger partial charge is 0.138 e. The summed E-state index contributed by atoms with van der Waals surface area (Å²) >= 11 is 6.10. The van der Waals surface area contributed by atoms with E-state index in [4.69, 9.17) is 21.4 Å².